The number of hydrazone groups is 1. The number of hydrogen-bond donors (Lipinski definition) is 0. The smallest absolute Gasteiger partial charge is 0.0905 e. The zero-order chi connectivity index (χ0) is 12.6. The lowest BCUT2D eigenvalue weighted by molar-refractivity contribution is -0.498. The summed E-state index contributed by atoms with van der Waals surface area (Å²) in [5.41, 5.74) is 5.62. The van der Waals surface area contributed by atoms with E-state index >= 15 is 0 Å². The van der Waals surface area contributed by atoms with E-state index < -0.39 is 0 Å². The minimum atomic E-state index is 0.193. The van der Waals surface area contributed by atoms with Crippen molar-refractivity contribution in [2.75, 3.05) is 7.05 Å². The van der Waals surface area contributed by atoms with Crippen LogP contribution in [0.2, 0.25) is 0 Å². The minimum absolute atomic E-state index is 0.193. The molecule has 1 aromatic rings. The van der Waals surface area contributed by atoms with E-state index in [2.05, 4.69) is 51.0 Å². The molecule has 1 aromatic carbocycles. The third-order valence-corrected chi connectivity index (χ3v) is 3.38. The van der Waals surface area contributed by atoms with Crippen LogP contribution in [0.4, 0.5) is 0 Å². The highest BCUT2D eigenvalue weighted by Gasteiger charge is 2.24. The zero-order valence-electron chi connectivity index (χ0n) is 11.4. The van der Waals surface area contributed by atoms with Crippen molar-refractivity contribution in [2.24, 2.45) is 5.10 Å². The molecule has 0 saturated carbocycles. The van der Waals surface area contributed by atoms with Crippen LogP contribution in [-0.2, 0) is 5.41 Å². The Morgan fingerprint density at radius 1 is 1.24 bits per heavy atom. The molecule has 0 fully saturated rings. The molecule has 0 spiro atoms. The Labute approximate surface area is 104 Å². The van der Waals surface area contributed by atoms with Crippen LogP contribution in [0.1, 0.15) is 43.9 Å². The second-order valence-electron chi connectivity index (χ2n) is 5.70. The highest BCUT2D eigenvalue weighted by atomic mass is 15.4. The van der Waals surface area contributed by atoms with E-state index in [1.165, 1.54) is 22.4 Å². The first-order valence-electron chi connectivity index (χ1n) is 6.13. The van der Waals surface area contributed by atoms with Gasteiger partial charge in [0.2, 0.25) is 5.71 Å². The molecule has 2 heteroatoms. The van der Waals surface area contributed by atoms with E-state index in [4.69, 9.17) is 0 Å². The monoisotopic (exact) mass is 229 g/mol. The zero-order valence-corrected chi connectivity index (χ0v) is 11.4. The van der Waals surface area contributed by atoms with Gasteiger partial charge in [-0.3, -0.25) is 0 Å². The van der Waals surface area contributed by atoms with E-state index in [9.17, 15) is 0 Å². The molecule has 17 heavy (non-hydrogen) atoms. The largest absolute Gasteiger partial charge is 0.221 e. The first kappa shape index (κ1) is 12.0. The molecule has 0 amide bonds. The summed E-state index contributed by atoms with van der Waals surface area (Å²) in [6.45, 7) is 9.00. The quantitative estimate of drug-likeness (QED) is 0.658. The Morgan fingerprint density at radius 3 is 2.47 bits per heavy atom. The first-order chi connectivity index (χ1) is 7.91. The molecule has 0 unspecified atom stereocenters. The molecule has 0 aromatic heterocycles. The van der Waals surface area contributed by atoms with Crippen molar-refractivity contribution in [1.29, 1.82) is 0 Å². The molecule has 0 atom stereocenters. The molecule has 1 aliphatic heterocycles. The first-order valence-corrected chi connectivity index (χ1v) is 6.13. The molecule has 90 valence electrons. The summed E-state index contributed by atoms with van der Waals surface area (Å²) < 4.78 is 1.98. The van der Waals surface area contributed by atoms with Crippen molar-refractivity contribution >= 4 is 11.9 Å². The highest BCUT2D eigenvalue weighted by molar-refractivity contribution is 6.06. The summed E-state index contributed by atoms with van der Waals surface area (Å²) in [7, 11) is 2.02. The fraction of sp³-hybridized carbons (Fsp3) is 0.467. The fourth-order valence-electron chi connectivity index (χ4n) is 2.50. The van der Waals surface area contributed by atoms with Crippen LogP contribution in [-0.4, -0.2) is 23.7 Å². The highest BCUT2D eigenvalue weighted by Crippen LogP contribution is 2.28. The number of nitrogens with zero attached hydrogens (tertiary/aromatic N) is 2. The average Bonchev–Trinajstić information content (AvgIpc) is 2.63. The van der Waals surface area contributed by atoms with Crippen molar-refractivity contribution in [2.45, 2.75) is 39.5 Å². The van der Waals surface area contributed by atoms with E-state index in [1.54, 1.807) is 0 Å². The molecule has 1 aliphatic rings. The van der Waals surface area contributed by atoms with E-state index in [-0.39, 0.29) is 5.41 Å². The van der Waals surface area contributed by atoms with Crippen LogP contribution >= 0.6 is 0 Å². The second-order valence-corrected chi connectivity index (χ2v) is 5.70. The van der Waals surface area contributed by atoms with E-state index in [0.29, 0.717) is 0 Å². The minimum Gasteiger partial charge on any atom is -0.0905 e. The van der Waals surface area contributed by atoms with Crippen molar-refractivity contribution in [3.8, 4) is 0 Å². The maximum absolute atomic E-state index is 4.30. The molecule has 0 saturated heterocycles. The standard InChI is InChI=1S/C15H21N2/c1-11-12(14-9-10-16-17(14)5)7-6-8-13(11)15(2,3)4/h6-8,10H,9H2,1-5H3/q+1. The van der Waals surface area contributed by atoms with E-state index in [1.807, 2.05) is 17.9 Å². The molecule has 2 nitrogen and oxygen atoms in total. The van der Waals surface area contributed by atoms with Gasteiger partial charge in [0.1, 0.15) is 0 Å². The molecule has 0 bridgehead atoms. The predicted molar refractivity (Wildman–Crippen MR) is 73.3 cm³/mol. The van der Waals surface area contributed by atoms with Gasteiger partial charge in [-0.25, -0.2) is 0 Å². The summed E-state index contributed by atoms with van der Waals surface area (Å²) in [5, 5.41) is 4.30. The lowest BCUT2D eigenvalue weighted by Gasteiger charge is -2.22. The van der Waals surface area contributed by atoms with Crippen molar-refractivity contribution in [1.82, 2.24) is 0 Å². The molecule has 0 radical (unpaired) electrons. The molecule has 0 aliphatic carbocycles. The summed E-state index contributed by atoms with van der Waals surface area (Å²) in [5.74, 6) is 0. The topological polar surface area (TPSA) is 15.4 Å². The van der Waals surface area contributed by atoms with Crippen LogP contribution in [0.5, 0.6) is 0 Å². The second kappa shape index (κ2) is 4.10. The Hall–Kier alpha value is -1.44. The van der Waals surface area contributed by atoms with Gasteiger partial charge in [0.25, 0.3) is 0 Å². The van der Waals surface area contributed by atoms with Crippen LogP contribution in [0.3, 0.4) is 0 Å². The maximum Gasteiger partial charge on any atom is 0.221 e. The Morgan fingerprint density at radius 2 is 1.94 bits per heavy atom. The molecule has 0 N–H and O–H groups in total. The van der Waals surface area contributed by atoms with Crippen LogP contribution in [0, 0.1) is 6.92 Å². The predicted octanol–water partition coefficient (Wildman–Crippen LogP) is 3.11. The van der Waals surface area contributed by atoms with Crippen molar-refractivity contribution in [3.63, 3.8) is 0 Å². The normalized spacial score (nSPS) is 15.8. The Balaban J connectivity index is 2.55. The van der Waals surface area contributed by atoms with Gasteiger partial charge in [0, 0.05) is 5.56 Å². The Kier molecular flexibility index (Phi) is 2.90. The van der Waals surface area contributed by atoms with Gasteiger partial charge in [-0.2, -0.15) is 0 Å². The lowest BCUT2D eigenvalue weighted by Crippen LogP contribution is -2.17. The van der Waals surface area contributed by atoms with Gasteiger partial charge in [-0.05, 0) is 34.6 Å². The van der Waals surface area contributed by atoms with E-state index in [0.717, 1.165) is 6.42 Å². The third kappa shape index (κ3) is 2.17. The van der Waals surface area contributed by atoms with Gasteiger partial charge in [-0.15, -0.1) is 0 Å². The lowest BCUT2D eigenvalue weighted by atomic mass is 9.82. The number of hydrogen-bond acceptors (Lipinski definition) is 1. The van der Waals surface area contributed by atoms with Gasteiger partial charge in [0.05, 0.1) is 12.6 Å². The van der Waals surface area contributed by atoms with Gasteiger partial charge >= 0.3 is 0 Å². The Bertz CT molecular complexity index is 502. The third-order valence-electron chi connectivity index (χ3n) is 3.38. The van der Waals surface area contributed by atoms with Crippen molar-refractivity contribution in [3.05, 3.63) is 34.9 Å². The summed E-state index contributed by atoms with van der Waals surface area (Å²) >= 11 is 0. The molecular weight excluding hydrogens is 208 g/mol. The summed E-state index contributed by atoms with van der Waals surface area (Å²) in [6, 6.07) is 6.59. The molecule has 1 heterocycles. The van der Waals surface area contributed by atoms with Gasteiger partial charge in [0.15, 0.2) is 7.05 Å². The van der Waals surface area contributed by atoms with Crippen molar-refractivity contribution < 1.29 is 4.68 Å². The van der Waals surface area contributed by atoms with Crippen LogP contribution < -0.4 is 0 Å². The fourth-order valence-corrected chi connectivity index (χ4v) is 2.50. The number of rotatable bonds is 1. The average molecular weight is 229 g/mol. The SMILES string of the molecule is Cc1c(C2=[N+](C)N=CC2)cccc1C(C)(C)C. The maximum atomic E-state index is 4.30. The van der Waals surface area contributed by atoms with Crippen LogP contribution in [0.15, 0.2) is 23.3 Å². The molecule has 2 rings (SSSR count). The number of benzene rings is 1. The molecular formula is C15H21N2+. The van der Waals surface area contributed by atoms with Gasteiger partial charge < -0.3 is 0 Å². The van der Waals surface area contributed by atoms with Crippen LogP contribution in [0.25, 0.3) is 0 Å². The summed E-state index contributed by atoms with van der Waals surface area (Å²) in [6.07, 6.45) is 2.91. The summed E-state index contributed by atoms with van der Waals surface area (Å²) in [4.78, 5) is 0. The van der Waals surface area contributed by atoms with Gasteiger partial charge in [-0.1, -0.05) is 37.6 Å².